The van der Waals surface area contributed by atoms with Crippen LogP contribution in [-0.2, 0) is 27.8 Å². The molecule has 108 valence electrons. The summed E-state index contributed by atoms with van der Waals surface area (Å²) in [5.41, 5.74) is 0. The molecule has 0 fully saturated rings. The second-order valence-corrected chi connectivity index (χ2v) is 4.79. The Morgan fingerprint density at radius 2 is 1.00 bits per heavy atom. The van der Waals surface area contributed by atoms with E-state index in [-0.39, 0.29) is 0 Å². The smallest absolute Gasteiger partial charge is 0.470 e. The minimum absolute atomic E-state index is 0.982. The average Bonchev–Trinajstić information content (AvgIpc) is 2.10. The summed E-state index contributed by atoms with van der Waals surface area (Å²) in [6, 6.07) is 0. The molecule has 0 aliphatic heterocycles. The zero-order valence-electron chi connectivity index (χ0n) is 8.44. The summed E-state index contributed by atoms with van der Waals surface area (Å²) in [5.74, 6) is -2.84. The van der Waals surface area contributed by atoms with E-state index in [1.165, 1.54) is 0 Å². The molecule has 0 aliphatic carbocycles. The lowest BCUT2D eigenvalue weighted by molar-refractivity contribution is -0.140. The molecule has 0 radical (unpaired) electrons. The number of hydrogen-bond acceptors (Lipinski definition) is 6. The van der Waals surface area contributed by atoms with Crippen molar-refractivity contribution in [3.8, 4) is 0 Å². The molecule has 0 aromatic carbocycles. The van der Waals surface area contributed by atoms with Crippen molar-refractivity contribution in [1.82, 2.24) is 0 Å². The third-order valence-corrected chi connectivity index (χ3v) is 1.64. The summed E-state index contributed by atoms with van der Waals surface area (Å²) < 4.78 is 26.6. The Balaban J connectivity index is 0. The van der Waals surface area contributed by atoms with E-state index in [0.29, 0.717) is 0 Å². The van der Waals surface area contributed by atoms with Gasteiger partial charge in [-0.1, -0.05) is 0 Å². The Morgan fingerprint density at radius 3 is 1.06 bits per heavy atom. The molecule has 0 saturated carbocycles. The maximum absolute atomic E-state index is 9.74. The van der Waals surface area contributed by atoms with Crippen LogP contribution in [0.25, 0.3) is 0 Å². The van der Waals surface area contributed by atoms with Crippen LogP contribution in [0.4, 0.5) is 0 Å². The molecule has 0 rings (SSSR count). The zero-order chi connectivity index (χ0) is 15.0. The lowest BCUT2D eigenvalue weighted by Crippen LogP contribution is -2.04. The van der Waals surface area contributed by atoms with E-state index in [2.05, 4.69) is 9.05 Å². The van der Waals surface area contributed by atoms with Crippen molar-refractivity contribution >= 4 is 27.6 Å². The van der Waals surface area contributed by atoms with Crippen LogP contribution in [0.2, 0.25) is 0 Å². The van der Waals surface area contributed by atoms with Crippen molar-refractivity contribution in [3.63, 3.8) is 0 Å². The normalized spacial score (nSPS) is 11.3. The van der Waals surface area contributed by atoms with E-state index >= 15 is 0 Å². The van der Waals surface area contributed by atoms with Crippen LogP contribution < -0.4 is 0 Å². The molecule has 14 heteroatoms. The van der Waals surface area contributed by atoms with Gasteiger partial charge in [-0.25, -0.2) is 18.7 Å². The van der Waals surface area contributed by atoms with Crippen molar-refractivity contribution in [2.24, 2.45) is 0 Å². The maximum Gasteiger partial charge on any atom is 0.470 e. The molecule has 0 atom stereocenters. The van der Waals surface area contributed by atoms with Crippen LogP contribution in [0.5, 0.6) is 0 Å². The highest BCUT2D eigenvalue weighted by Crippen LogP contribution is 2.35. The Kier molecular flexibility index (Phi) is 8.99. The molecule has 6 N–H and O–H groups in total. The molecule has 0 heterocycles. The van der Waals surface area contributed by atoms with Gasteiger partial charge in [0.05, 0.1) is 0 Å². The molecular formula is C4H10O12P2. The molecule has 12 nitrogen and oxygen atoms in total. The van der Waals surface area contributed by atoms with Gasteiger partial charge < -0.3 is 29.8 Å². The first kappa shape index (κ1) is 19.5. The Bertz CT molecular complexity index is 326. The number of hydrogen-bond donors (Lipinski definition) is 6. The first-order valence-corrected chi connectivity index (χ1v) is 6.73. The van der Waals surface area contributed by atoms with Gasteiger partial charge in [-0.05, 0) is 0 Å². The van der Waals surface area contributed by atoms with E-state index in [4.69, 9.17) is 29.8 Å². The van der Waals surface area contributed by atoms with Crippen LogP contribution in [0.15, 0.2) is 0 Å². The molecule has 0 aromatic heterocycles. The van der Waals surface area contributed by atoms with Gasteiger partial charge in [0, 0.05) is 0 Å². The van der Waals surface area contributed by atoms with Crippen molar-refractivity contribution in [3.05, 3.63) is 0 Å². The molecule has 0 aliphatic rings. The van der Waals surface area contributed by atoms with E-state index < -0.39 is 40.8 Å². The summed E-state index contributed by atoms with van der Waals surface area (Å²) in [5, 5.41) is 15.6. The number of phosphoric acid groups is 2. The molecule has 18 heavy (non-hydrogen) atoms. The fourth-order valence-electron chi connectivity index (χ4n) is 0.279. The Hall–Kier alpha value is -0.840. The second-order valence-electron chi connectivity index (χ2n) is 2.32. The van der Waals surface area contributed by atoms with Crippen LogP contribution in [0.1, 0.15) is 0 Å². The predicted molar refractivity (Wildman–Crippen MR) is 51.3 cm³/mol. The minimum atomic E-state index is -4.60. The first-order chi connectivity index (χ1) is 7.83. The summed E-state index contributed by atoms with van der Waals surface area (Å²) in [6.07, 6.45) is 0. The van der Waals surface area contributed by atoms with Crippen LogP contribution in [0.3, 0.4) is 0 Å². The molecular weight excluding hydrogens is 302 g/mol. The summed E-state index contributed by atoms with van der Waals surface area (Å²) in [6.45, 7) is -1.96. The number of carboxylic acid groups (broad SMARTS) is 2. The number of phosphoric ester groups is 2. The zero-order valence-corrected chi connectivity index (χ0v) is 10.2. The number of carbonyl (C=O) groups is 2. The molecule has 0 bridgehead atoms. The summed E-state index contributed by atoms with van der Waals surface area (Å²) >= 11 is 0. The lowest BCUT2D eigenvalue weighted by atomic mass is 10.8. The molecule has 0 aromatic rings. The van der Waals surface area contributed by atoms with Gasteiger partial charge in [-0.3, -0.25) is 9.05 Å². The van der Waals surface area contributed by atoms with E-state index in [1.54, 1.807) is 0 Å². The van der Waals surface area contributed by atoms with Crippen molar-refractivity contribution < 1.29 is 57.6 Å². The van der Waals surface area contributed by atoms with Crippen LogP contribution in [-0.4, -0.2) is 54.9 Å². The van der Waals surface area contributed by atoms with Crippen LogP contribution in [0, 0.1) is 0 Å². The quantitative estimate of drug-likeness (QED) is 0.305. The van der Waals surface area contributed by atoms with Crippen molar-refractivity contribution in [1.29, 1.82) is 0 Å². The number of carboxylic acids is 2. The maximum atomic E-state index is 9.74. The topological polar surface area (TPSA) is 208 Å². The minimum Gasteiger partial charge on any atom is -0.480 e. The summed E-state index contributed by atoms with van der Waals surface area (Å²) in [4.78, 5) is 50.7. The second kappa shape index (κ2) is 8.29. The predicted octanol–water partition coefficient (Wildman–Crippen LogP) is -1.64. The molecule has 0 unspecified atom stereocenters. The van der Waals surface area contributed by atoms with E-state index in [0.717, 1.165) is 0 Å². The van der Waals surface area contributed by atoms with Crippen molar-refractivity contribution in [2.45, 2.75) is 0 Å². The highest BCUT2D eigenvalue weighted by molar-refractivity contribution is 7.46. The van der Waals surface area contributed by atoms with Gasteiger partial charge in [0.1, 0.15) is 0 Å². The SMILES string of the molecule is O=C(O)COP(=O)(O)O.O=C(O)COP(=O)(O)O. The Morgan fingerprint density at radius 1 is 0.778 bits per heavy atom. The van der Waals surface area contributed by atoms with Crippen molar-refractivity contribution in [2.75, 3.05) is 13.2 Å². The average molecular weight is 312 g/mol. The first-order valence-electron chi connectivity index (χ1n) is 3.67. The monoisotopic (exact) mass is 312 g/mol. The Labute approximate surface area is 99.3 Å². The lowest BCUT2D eigenvalue weighted by Gasteiger charge is -1.99. The third kappa shape index (κ3) is 24.4. The fourth-order valence-corrected chi connectivity index (χ4v) is 0.836. The largest absolute Gasteiger partial charge is 0.480 e. The van der Waals surface area contributed by atoms with Gasteiger partial charge in [-0.2, -0.15) is 0 Å². The molecule has 0 saturated heterocycles. The molecule has 0 spiro atoms. The standard InChI is InChI=1S/2C2H5O6P/c2*3-2(4)1-8-9(5,6)7/h2*1H2,(H,3,4)(H2,5,6,7). The van der Waals surface area contributed by atoms with Gasteiger partial charge in [0.2, 0.25) is 0 Å². The number of aliphatic carboxylic acids is 2. The van der Waals surface area contributed by atoms with Gasteiger partial charge in [-0.15, -0.1) is 0 Å². The van der Waals surface area contributed by atoms with Crippen LogP contribution >= 0.6 is 15.6 Å². The molecule has 0 amide bonds. The van der Waals surface area contributed by atoms with E-state index in [1.807, 2.05) is 0 Å². The van der Waals surface area contributed by atoms with Gasteiger partial charge in [0.15, 0.2) is 13.2 Å². The summed E-state index contributed by atoms with van der Waals surface area (Å²) in [7, 11) is -9.20. The number of rotatable bonds is 6. The van der Waals surface area contributed by atoms with Gasteiger partial charge in [0.25, 0.3) is 0 Å². The third-order valence-electron chi connectivity index (χ3n) is 0.712. The highest BCUT2D eigenvalue weighted by atomic mass is 31.2. The van der Waals surface area contributed by atoms with E-state index in [9.17, 15) is 18.7 Å². The van der Waals surface area contributed by atoms with Gasteiger partial charge >= 0.3 is 27.6 Å². The fraction of sp³-hybridized carbons (Fsp3) is 0.500. The highest BCUT2D eigenvalue weighted by Gasteiger charge is 2.15.